The van der Waals surface area contributed by atoms with Gasteiger partial charge in [0.1, 0.15) is 0 Å². The summed E-state index contributed by atoms with van der Waals surface area (Å²) in [6.45, 7) is 3.09. The molecule has 1 rings (SSSR count). The quantitative estimate of drug-likeness (QED) is 0.786. The van der Waals surface area contributed by atoms with Gasteiger partial charge in [-0.1, -0.05) is 18.7 Å². The van der Waals surface area contributed by atoms with Gasteiger partial charge < -0.3 is 0 Å². The SMILES string of the molecule is C=C(F)Cc1ccc(S(=O)(=O)O)cc1. The lowest BCUT2D eigenvalue weighted by Gasteiger charge is -1.99. The van der Waals surface area contributed by atoms with Crippen molar-refractivity contribution in [2.75, 3.05) is 0 Å². The first-order chi connectivity index (χ1) is 6.39. The molecule has 0 aliphatic heterocycles. The maximum Gasteiger partial charge on any atom is 0.294 e. The molecular weight excluding hydrogens is 207 g/mol. The Kier molecular flexibility index (Phi) is 3.03. The Bertz CT molecular complexity index is 434. The van der Waals surface area contributed by atoms with Crippen molar-refractivity contribution in [3.63, 3.8) is 0 Å². The zero-order valence-electron chi connectivity index (χ0n) is 7.27. The topological polar surface area (TPSA) is 54.4 Å². The molecule has 0 heterocycles. The molecule has 1 aromatic carbocycles. The molecule has 0 unspecified atom stereocenters. The van der Waals surface area contributed by atoms with Crippen molar-refractivity contribution in [1.82, 2.24) is 0 Å². The predicted molar refractivity (Wildman–Crippen MR) is 50.2 cm³/mol. The lowest BCUT2D eigenvalue weighted by molar-refractivity contribution is 0.483. The summed E-state index contributed by atoms with van der Waals surface area (Å²) >= 11 is 0. The van der Waals surface area contributed by atoms with E-state index < -0.39 is 15.9 Å². The van der Waals surface area contributed by atoms with Crippen molar-refractivity contribution in [3.8, 4) is 0 Å². The molecule has 1 aromatic rings. The summed E-state index contributed by atoms with van der Waals surface area (Å²) in [5.74, 6) is -0.496. The van der Waals surface area contributed by atoms with Crippen molar-refractivity contribution < 1.29 is 17.4 Å². The second-order valence-electron chi connectivity index (χ2n) is 2.81. The smallest absolute Gasteiger partial charge is 0.282 e. The Morgan fingerprint density at radius 3 is 2.21 bits per heavy atom. The molecule has 0 aromatic heterocycles. The van der Waals surface area contributed by atoms with E-state index in [9.17, 15) is 12.8 Å². The highest BCUT2D eigenvalue weighted by atomic mass is 32.2. The van der Waals surface area contributed by atoms with Crippen LogP contribution in [-0.4, -0.2) is 13.0 Å². The summed E-state index contributed by atoms with van der Waals surface area (Å²) in [4.78, 5) is -0.203. The van der Waals surface area contributed by atoms with Crippen molar-refractivity contribution >= 4 is 10.1 Å². The van der Waals surface area contributed by atoms with Gasteiger partial charge in [-0.05, 0) is 17.7 Å². The molecule has 0 fully saturated rings. The van der Waals surface area contributed by atoms with Crippen LogP contribution in [0.2, 0.25) is 0 Å². The van der Waals surface area contributed by atoms with Crippen molar-refractivity contribution in [1.29, 1.82) is 0 Å². The summed E-state index contributed by atoms with van der Waals surface area (Å²) in [6.07, 6.45) is 0.0474. The Morgan fingerprint density at radius 1 is 1.36 bits per heavy atom. The minimum Gasteiger partial charge on any atom is -0.282 e. The lowest BCUT2D eigenvalue weighted by atomic mass is 10.1. The van der Waals surface area contributed by atoms with Crippen LogP contribution >= 0.6 is 0 Å². The Morgan fingerprint density at radius 2 is 1.86 bits per heavy atom. The minimum absolute atomic E-state index is 0.0474. The van der Waals surface area contributed by atoms with E-state index in [0.717, 1.165) is 0 Å². The van der Waals surface area contributed by atoms with E-state index in [1.165, 1.54) is 24.3 Å². The summed E-state index contributed by atoms with van der Waals surface area (Å²) in [6, 6.07) is 5.28. The van der Waals surface area contributed by atoms with Gasteiger partial charge in [0.15, 0.2) is 0 Å². The third-order valence-corrected chi connectivity index (χ3v) is 2.49. The summed E-state index contributed by atoms with van der Waals surface area (Å²) in [5, 5.41) is 0. The summed E-state index contributed by atoms with van der Waals surface area (Å²) in [5.41, 5.74) is 0.602. The van der Waals surface area contributed by atoms with Crippen molar-refractivity contribution in [3.05, 3.63) is 42.2 Å². The van der Waals surface area contributed by atoms with Gasteiger partial charge in [0.2, 0.25) is 0 Å². The van der Waals surface area contributed by atoms with Crippen LogP contribution in [0.1, 0.15) is 5.56 Å². The fourth-order valence-corrected chi connectivity index (χ4v) is 1.48. The second kappa shape index (κ2) is 3.89. The molecule has 0 bridgehead atoms. The third kappa shape index (κ3) is 2.93. The third-order valence-electron chi connectivity index (χ3n) is 1.62. The molecule has 0 saturated heterocycles. The van der Waals surface area contributed by atoms with Gasteiger partial charge in [-0.3, -0.25) is 4.55 Å². The second-order valence-corrected chi connectivity index (χ2v) is 4.23. The molecule has 0 aliphatic carbocycles. The molecule has 14 heavy (non-hydrogen) atoms. The maximum absolute atomic E-state index is 12.4. The molecule has 0 amide bonds. The average Bonchev–Trinajstić information content (AvgIpc) is 2.02. The van der Waals surface area contributed by atoms with Crippen LogP contribution in [0.4, 0.5) is 4.39 Å². The Labute approximate surface area is 81.6 Å². The fraction of sp³-hybridized carbons (Fsp3) is 0.111. The van der Waals surface area contributed by atoms with Crippen LogP contribution in [0.3, 0.4) is 0 Å². The molecule has 0 aliphatic rings. The summed E-state index contributed by atoms with van der Waals surface area (Å²) < 4.78 is 42.3. The average molecular weight is 216 g/mol. The van der Waals surface area contributed by atoms with Gasteiger partial charge in [0.25, 0.3) is 10.1 Å². The van der Waals surface area contributed by atoms with Gasteiger partial charge in [-0.25, -0.2) is 4.39 Å². The van der Waals surface area contributed by atoms with Crippen LogP contribution in [0.5, 0.6) is 0 Å². The monoisotopic (exact) mass is 216 g/mol. The van der Waals surface area contributed by atoms with Gasteiger partial charge in [0, 0.05) is 6.42 Å². The lowest BCUT2D eigenvalue weighted by Crippen LogP contribution is -1.97. The fourth-order valence-electron chi connectivity index (χ4n) is 1.00. The molecule has 0 radical (unpaired) electrons. The van der Waals surface area contributed by atoms with E-state index in [4.69, 9.17) is 4.55 Å². The number of hydrogen-bond acceptors (Lipinski definition) is 2. The first-order valence-corrected chi connectivity index (χ1v) is 5.23. The predicted octanol–water partition coefficient (Wildman–Crippen LogP) is 1.96. The molecule has 76 valence electrons. The molecule has 5 heteroatoms. The maximum atomic E-state index is 12.4. The van der Waals surface area contributed by atoms with Crippen molar-refractivity contribution in [2.24, 2.45) is 0 Å². The first-order valence-electron chi connectivity index (χ1n) is 3.79. The molecular formula is C9H9FO3S. The first kappa shape index (κ1) is 10.9. The van der Waals surface area contributed by atoms with E-state index >= 15 is 0 Å². The highest BCUT2D eigenvalue weighted by Gasteiger charge is 2.08. The largest absolute Gasteiger partial charge is 0.294 e. The molecule has 0 spiro atoms. The number of hydrogen-bond donors (Lipinski definition) is 1. The van der Waals surface area contributed by atoms with Gasteiger partial charge in [0.05, 0.1) is 10.7 Å². The molecule has 3 nitrogen and oxygen atoms in total. The molecule has 0 saturated carbocycles. The Balaban J connectivity index is 2.95. The van der Waals surface area contributed by atoms with E-state index in [1.54, 1.807) is 0 Å². The van der Waals surface area contributed by atoms with Crippen LogP contribution in [0, 0.1) is 0 Å². The molecule has 0 atom stereocenters. The van der Waals surface area contributed by atoms with Crippen LogP contribution < -0.4 is 0 Å². The Hall–Kier alpha value is -1.20. The zero-order chi connectivity index (χ0) is 10.8. The van der Waals surface area contributed by atoms with Crippen LogP contribution in [0.15, 0.2) is 41.6 Å². The summed E-state index contributed by atoms with van der Waals surface area (Å²) in [7, 11) is -4.16. The van der Waals surface area contributed by atoms with Gasteiger partial charge in [-0.15, -0.1) is 0 Å². The number of rotatable bonds is 3. The van der Waals surface area contributed by atoms with Crippen LogP contribution in [0.25, 0.3) is 0 Å². The highest BCUT2D eigenvalue weighted by molar-refractivity contribution is 7.85. The van der Waals surface area contributed by atoms with E-state index in [2.05, 4.69) is 6.58 Å². The minimum atomic E-state index is -4.16. The van der Waals surface area contributed by atoms with E-state index in [0.29, 0.717) is 5.56 Å². The highest BCUT2D eigenvalue weighted by Crippen LogP contribution is 2.12. The number of benzene rings is 1. The number of halogens is 1. The van der Waals surface area contributed by atoms with Crippen molar-refractivity contribution in [2.45, 2.75) is 11.3 Å². The normalized spacial score (nSPS) is 11.3. The van der Waals surface area contributed by atoms with Gasteiger partial charge in [-0.2, -0.15) is 8.42 Å². The van der Waals surface area contributed by atoms with E-state index in [-0.39, 0.29) is 11.3 Å². The number of allylic oxidation sites excluding steroid dienone is 1. The molecule has 1 N–H and O–H groups in total. The van der Waals surface area contributed by atoms with Crippen LogP contribution in [-0.2, 0) is 16.5 Å². The standard InChI is InChI=1S/C9H9FO3S/c1-7(10)6-8-2-4-9(5-3-8)14(11,12)13/h2-5H,1,6H2,(H,11,12,13). The zero-order valence-corrected chi connectivity index (χ0v) is 8.09. The van der Waals surface area contributed by atoms with E-state index in [1.807, 2.05) is 0 Å². The van der Waals surface area contributed by atoms with Gasteiger partial charge >= 0.3 is 0 Å².